The van der Waals surface area contributed by atoms with E-state index in [0.717, 1.165) is 10.9 Å². The fourth-order valence-corrected chi connectivity index (χ4v) is 2.77. The second kappa shape index (κ2) is 6.12. The predicted octanol–water partition coefficient (Wildman–Crippen LogP) is 3.60. The lowest BCUT2D eigenvalue weighted by Crippen LogP contribution is -2.30. The van der Waals surface area contributed by atoms with Crippen molar-refractivity contribution in [2.45, 2.75) is 13.5 Å². The number of pyridine rings is 1. The predicted molar refractivity (Wildman–Crippen MR) is 73.9 cm³/mol. The van der Waals surface area contributed by atoms with Gasteiger partial charge in [0.15, 0.2) is 0 Å². The smallest absolute Gasteiger partial charge is 0.254 e. The zero-order chi connectivity index (χ0) is 13.8. The highest BCUT2D eigenvalue weighted by molar-refractivity contribution is 7.16. The average molecular weight is 299 g/mol. The van der Waals surface area contributed by atoms with Gasteiger partial charge in [0.1, 0.15) is 0 Å². The third-order valence-electron chi connectivity index (χ3n) is 2.62. The molecule has 19 heavy (non-hydrogen) atoms. The van der Waals surface area contributed by atoms with Crippen LogP contribution in [-0.4, -0.2) is 22.3 Å². The minimum atomic E-state index is -0.652. The Hall–Kier alpha value is -1.46. The van der Waals surface area contributed by atoms with E-state index in [2.05, 4.69) is 4.98 Å². The van der Waals surface area contributed by atoms with Gasteiger partial charge in [-0.15, -0.1) is 11.3 Å². The molecular formula is C13H12ClFN2OS. The molecule has 1 amide bonds. The van der Waals surface area contributed by atoms with E-state index in [1.165, 1.54) is 23.6 Å². The Kier molecular flexibility index (Phi) is 4.50. The SMILES string of the molecule is CCN(Cc1ccc(Cl)s1)C(=O)c1ccnc(F)c1. The van der Waals surface area contributed by atoms with E-state index >= 15 is 0 Å². The number of thiophene rings is 1. The van der Waals surface area contributed by atoms with Crippen LogP contribution in [0.5, 0.6) is 0 Å². The fourth-order valence-electron chi connectivity index (χ4n) is 1.67. The fraction of sp³-hybridized carbons (Fsp3) is 0.231. The molecule has 0 radical (unpaired) electrons. The summed E-state index contributed by atoms with van der Waals surface area (Å²) in [6.07, 6.45) is 1.29. The van der Waals surface area contributed by atoms with Gasteiger partial charge in [-0.2, -0.15) is 4.39 Å². The summed E-state index contributed by atoms with van der Waals surface area (Å²) >= 11 is 7.29. The number of halogens is 2. The number of hydrogen-bond donors (Lipinski definition) is 0. The van der Waals surface area contributed by atoms with Crippen molar-refractivity contribution in [3.05, 3.63) is 51.2 Å². The molecule has 0 bridgehead atoms. The molecule has 0 aliphatic heterocycles. The van der Waals surface area contributed by atoms with Crippen molar-refractivity contribution in [1.82, 2.24) is 9.88 Å². The highest BCUT2D eigenvalue weighted by Crippen LogP contribution is 2.23. The topological polar surface area (TPSA) is 33.2 Å². The largest absolute Gasteiger partial charge is 0.334 e. The number of amides is 1. The zero-order valence-electron chi connectivity index (χ0n) is 10.3. The number of hydrogen-bond acceptors (Lipinski definition) is 3. The van der Waals surface area contributed by atoms with Gasteiger partial charge in [0.05, 0.1) is 10.9 Å². The molecule has 0 unspecified atom stereocenters. The summed E-state index contributed by atoms with van der Waals surface area (Å²) in [5, 5.41) is 0. The second-order valence-electron chi connectivity index (χ2n) is 3.89. The molecule has 0 atom stereocenters. The first kappa shape index (κ1) is 14.0. The van der Waals surface area contributed by atoms with Crippen LogP contribution < -0.4 is 0 Å². The van der Waals surface area contributed by atoms with Crippen molar-refractivity contribution in [3.8, 4) is 0 Å². The van der Waals surface area contributed by atoms with Crippen LogP contribution in [-0.2, 0) is 6.54 Å². The molecule has 6 heteroatoms. The van der Waals surface area contributed by atoms with Gasteiger partial charge >= 0.3 is 0 Å². The summed E-state index contributed by atoms with van der Waals surface area (Å²) in [6, 6.07) is 6.34. The Morgan fingerprint density at radius 1 is 1.47 bits per heavy atom. The van der Waals surface area contributed by atoms with E-state index in [4.69, 9.17) is 11.6 Å². The quantitative estimate of drug-likeness (QED) is 0.808. The van der Waals surface area contributed by atoms with Crippen molar-refractivity contribution in [3.63, 3.8) is 0 Å². The maximum Gasteiger partial charge on any atom is 0.254 e. The van der Waals surface area contributed by atoms with Gasteiger partial charge in [0, 0.05) is 29.2 Å². The number of nitrogens with zero attached hydrogens (tertiary/aromatic N) is 2. The molecule has 100 valence electrons. The van der Waals surface area contributed by atoms with Crippen LogP contribution in [0.2, 0.25) is 4.34 Å². The van der Waals surface area contributed by atoms with Crippen LogP contribution in [0, 0.1) is 5.95 Å². The van der Waals surface area contributed by atoms with Crippen LogP contribution in [0.15, 0.2) is 30.5 Å². The highest BCUT2D eigenvalue weighted by atomic mass is 35.5. The number of carbonyl (C=O) groups is 1. The van der Waals surface area contributed by atoms with E-state index in [1.807, 2.05) is 13.0 Å². The molecule has 2 aromatic heterocycles. The Balaban J connectivity index is 2.15. The summed E-state index contributed by atoms with van der Waals surface area (Å²) in [7, 11) is 0. The van der Waals surface area contributed by atoms with Crippen molar-refractivity contribution in [1.29, 1.82) is 0 Å². The van der Waals surface area contributed by atoms with Crippen LogP contribution in [0.4, 0.5) is 4.39 Å². The number of rotatable bonds is 4. The summed E-state index contributed by atoms with van der Waals surface area (Å²) in [6.45, 7) is 2.89. The van der Waals surface area contributed by atoms with Gasteiger partial charge in [-0.3, -0.25) is 4.79 Å². The van der Waals surface area contributed by atoms with Crippen molar-refractivity contribution < 1.29 is 9.18 Å². The maximum absolute atomic E-state index is 13.0. The molecule has 0 fully saturated rings. The van der Waals surface area contributed by atoms with Crippen molar-refractivity contribution in [2.24, 2.45) is 0 Å². The maximum atomic E-state index is 13.0. The molecular weight excluding hydrogens is 287 g/mol. The van der Waals surface area contributed by atoms with Crippen LogP contribution in [0.3, 0.4) is 0 Å². The Bertz CT molecular complexity index is 588. The second-order valence-corrected chi connectivity index (χ2v) is 5.69. The van der Waals surface area contributed by atoms with Gasteiger partial charge < -0.3 is 4.90 Å². The molecule has 2 aromatic rings. The van der Waals surface area contributed by atoms with E-state index < -0.39 is 5.95 Å². The van der Waals surface area contributed by atoms with Crippen LogP contribution >= 0.6 is 22.9 Å². The van der Waals surface area contributed by atoms with Crippen molar-refractivity contribution in [2.75, 3.05) is 6.54 Å². The third kappa shape index (κ3) is 3.52. The third-order valence-corrected chi connectivity index (χ3v) is 3.83. The Labute approximate surface area is 119 Å². The molecule has 0 saturated heterocycles. The van der Waals surface area contributed by atoms with Crippen molar-refractivity contribution >= 4 is 28.8 Å². The van der Waals surface area contributed by atoms with Crippen LogP contribution in [0.1, 0.15) is 22.2 Å². The Morgan fingerprint density at radius 2 is 2.26 bits per heavy atom. The molecule has 3 nitrogen and oxygen atoms in total. The Morgan fingerprint density at radius 3 is 2.84 bits per heavy atom. The van der Waals surface area contributed by atoms with E-state index in [9.17, 15) is 9.18 Å². The lowest BCUT2D eigenvalue weighted by atomic mass is 10.2. The molecule has 0 aliphatic rings. The normalized spacial score (nSPS) is 10.5. The highest BCUT2D eigenvalue weighted by Gasteiger charge is 2.16. The molecule has 0 aromatic carbocycles. The molecule has 0 spiro atoms. The first-order valence-corrected chi connectivity index (χ1v) is 6.94. The summed E-state index contributed by atoms with van der Waals surface area (Å²) in [5.74, 6) is -0.866. The lowest BCUT2D eigenvalue weighted by molar-refractivity contribution is 0.0753. The standard InChI is InChI=1S/C13H12ClFN2OS/c1-2-17(8-10-3-4-11(14)19-10)13(18)9-5-6-16-12(15)7-9/h3-7H,2,8H2,1H3. The first-order valence-electron chi connectivity index (χ1n) is 5.75. The van der Waals surface area contributed by atoms with E-state index in [-0.39, 0.29) is 5.91 Å². The minimum Gasteiger partial charge on any atom is -0.334 e. The summed E-state index contributed by atoms with van der Waals surface area (Å²) < 4.78 is 13.7. The number of carbonyl (C=O) groups excluding carboxylic acids is 1. The van der Waals surface area contributed by atoms with Gasteiger partial charge in [0.2, 0.25) is 5.95 Å². The lowest BCUT2D eigenvalue weighted by Gasteiger charge is -2.20. The summed E-state index contributed by atoms with van der Waals surface area (Å²) in [4.78, 5) is 18.3. The minimum absolute atomic E-state index is 0.215. The van der Waals surface area contributed by atoms with Gasteiger partial charge in [-0.1, -0.05) is 11.6 Å². The molecule has 0 saturated carbocycles. The van der Waals surface area contributed by atoms with Gasteiger partial charge in [0.25, 0.3) is 5.91 Å². The molecule has 2 rings (SSSR count). The van der Waals surface area contributed by atoms with Gasteiger partial charge in [-0.05, 0) is 25.1 Å². The van der Waals surface area contributed by atoms with Crippen LogP contribution in [0.25, 0.3) is 0 Å². The van der Waals surface area contributed by atoms with E-state index in [0.29, 0.717) is 23.0 Å². The summed E-state index contributed by atoms with van der Waals surface area (Å²) in [5.41, 5.74) is 0.303. The molecule has 0 aliphatic carbocycles. The molecule has 0 N–H and O–H groups in total. The van der Waals surface area contributed by atoms with E-state index in [1.54, 1.807) is 11.0 Å². The average Bonchev–Trinajstić information content (AvgIpc) is 2.81. The number of aromatic nitrogens is 1. The zero-order valence-corrected chi connectivity index (χ0v) is 11.8. The van der Waals surface area contributed by atoms with Gasteiger partial charge in [-0.25, -0.2) is 4.98 Å². The molecule has 2 heterocycles. The first-order chi connectivity index (χ1) is 9.10. The monoisotopic (exact) mass is 298 g/mol.